The molecule has 0 fully saturated rings. The Morgan fingerprint density at radius 1 is 1.56 bits per heavy atom. The van der Waals surface area contributed by atoms with Crippen molar-refractivity contribution in [1.29, 1.82) is 0 Å². The third kappa shape index (κ3) is 4.16. The molecule has 0 amide bonds. The first kappa shape index (κ1) is 14.2. The maximum Gasteiger partial charge on any atom is 0.303 e. The Morgan fingerprint density at radius 3 is 2.62 bits per heavy atom. The predicted octanol–water partition coefficient (Wildman–Crippen LogP) is 3.81. The second-order valence-corrected chi connectivity index (χ2v) is 7.48. The molecule has 1 aromatic rings. The summed E-state index contributed by atoms with van der Waals surface area (Å²) in [6.45, 7) is 1.83. The Kier molecular flexibility index (Phi) is 5.43. The number of hydrogen-bond acceptors (Lipinski definition) is 3. The minimum Gasteiger partial charge on any atom is -0.481 e. The van der Waals surface area contributed by atoms with Gasteiger partial charge in [0.25, 0.3) is 0 Å². The lowest BCUT2D eigenvalue weighted by Gasteiger charge is -2.14. The van der Waals surface area contributed by atoms with Gasteiger partial charge in [-0.1, -0.05) is 6.92 Å². The molecule has 6 heteroatoms. The average molecular weight is 372 g/mol. The molecule has 16 heavy (non-hydrogen) atoms. The summed E-state index contributed by atoms with van der Waals surface area (Å²) in [4.78, 5) is 10.5. The first-order chi connectivity index (χ1) is 7.40. The second kappa shape index (κ2) is 6.14. The van der Waals surface area contributed by atoms with E-state index in [2.05, 4.69) is 31.9 Å². The summed E-state index contributed by atoms with van der Waals surface area (Å²) in [7, 11) is 0. The van der Waals surface area contributed by atoms with Gasteiger partial charge in [0.15, 0.2) is 0 Å². The molecule has 0 bridgehead atoms. The first-order valence-electron chi connectivity index (χ1n) is 4.74. The smallest absolute Gasteiger partial charge is 0.303 e. The van der Waals surface area contributed by atoms with Gasteiger partial charge in [-0.25, -0.2) is 0 Å². The van der Waals surface area contributed by atoms with Crippen LogP contribution in [-0.4, -0.2) is 16.2 Å². The van der Waals surface area contributed by atoms with Crippen LogP contribution in [0.1, 0.15) is 31.4 Å². The number of aliphatic hydroxyl groups is 1. The SMILES string of the molecule is CC(CC(=O)O)CC(O)c1cc(Br)sc1Br. The van der Waals surface area contributed by atoms with Crippen molar-refractivity contribution >= 4 is 49.2 Å². The third-order valence-electron chi connectivity index (χ3n) is 2.19. The minimum atomic E-state index is -0.828. The van der Waals surface area contributed by atoms with Crippen LogP contribution >= 0.6 is 43.2 Å². The average Bonchev–Trinajstić information content (AvgIpc) is 2.43. The highest BCUT2D eigenvalue weighted by atomic mass is 79.9. The van der Waals surface area contributed by atoms with Crippen molar-refractivity contribution in [2.24, 2.45) is 5.92 Å². The number of carbonyl (C=O) groups is 1. The zero-order chi connectivity index (χ0) is 12.3. The van der Waals surface area contributed by atoms with E-state index in [4.69, 9.17) is 5.11 Å². The number of aliphatic carboxylic acids is 1. The van der Waals surface area contributed by atoms with E-state index in [1.54, 1.807) is 0 Å². The van der Waals surface area contributed by atoms with Crippen LogP contribution in [0.2, 0.25) is 0 Å². The minimum absolute atomic E-state index is 0.0434. The van der Waals surface area contributed by atoms with Crippen molar-refractivity contribution in [2.75, 3.05) is 0 Å². The Bertz CT molecular complexity index is 378. The van der Waals surface area contributed by atoms with E-state index in [1.165, 1.54) is 11.3 Å². The van der Waals surface area contributed by atoms with Gasteiger partial charge in [-0.3, -0.25) is 4.79 Å². The van der Waals surface area contributed by atoms with E-state index in [9.17, 15) is 9.90 Å². The standard InChI is InChI=1S/C10H12Br2O3S/c1-5(3-9(14)15)2-7(13)6-4-8(11)16-10(6)12/h4-5,7,13H,2-3H2,1H3,(H,14,15). The van der Waals surface area contributed by atoms with Gasteiger partial charge < -0.3 is 10.2 Å². The Hall–Kier alpha value is 0.0900. The molecule has 1 heterocycles. The Balaban J connectivity index is 2.61. The van der Waals surface area contributed by atoms with Crippen LogP contribution in [0.3, 0.4) is 0 Å². The predicted molar refractivity (Wildman–Crippen MR) is 70.7 cm³/mol. The molecule has 2 N–H and O–H groups in total. The van der Waals surface area contributed by atoms with Gasteiger partial charge >= 0.3 is 5.97 Å². The molecule has 0 aliphatic rings. The normalized spacial score (nSPS) is 14.8. The van der Waals surface area contributed by atoms with E-state index in [0.717, 1.165) is 13.1 Å². The molecule has 2 atom stereocenters. The molecule has 90 valence electrons. The fourth-order valence-corrected chi connectivity index (χ4v) is 4.43. The Labute approximate surface area is 115 Å². The van der Waals surface area contributed by atoms with Gasteiger partial charge in [0.2, 0.25) is 0 Å². The van der Waals surface area contributed by atoms with Crippen LogP contribution in [-0.2, 0) is 4.79 Å². The van der Waals surface area contributed by atoms with Gasteiger partial charge in [-0.2, -0.15) is 0 Å². The molecule has 1 aromatic heterocycles. The summed E-state index contributed by atoms with van der Waals surface area (Å²) in [6.07, 6.45) is -0.0834. The second-order valence-electron chi connectivity index (χ2n) is 3.73. The summed E-state index contributed by atoms with van der Waals surface area (Å²) >= 11 is 8.21. The molecule has 3 nitrogen and oxygen atoms in total. The highest BCUT2D eigenvalue weighted by Gasteiger charge is 2.18. The highest BCUT2D eigenvalue weighted by Crippen LogP contribution is 2.37. The van der Waals surface area contributed by atoms with Crippen LogP contribution in [0.5, 0.6) is 0 Å². The van der Waals surface area contributed by atoms with Crippen molar-refractivity contribution in [3.05, 3.63) is 19.2 Å². The number of thiophene rings is 1. The maximum absolute atomic E-state index is 10.5. The van der Waals surface area contributed by atoms with Crippen LogP contribution in [0.4, 0.5) is 0 Å². The van der Waals surface area contributed by atoms with Crippen molar-refractivity contribution in [1.82, 2.24) is 0 Å². The molecule has 0 spiro atoms. The van der Waals surface area contributed by atoms with Gasteiger partial charge in [0, 0.05) is 12.0 Å². The molecule has 0 aliphatic heterocycles. The van der Waals surface area contributed by atoms with E-state index in [1.807, 2.05) is 13.0 Å². The molecule has 0 aliphatic carbocycles. The van der Waals surface area contributed by atoms with E-state index in [-0.39, 0.29) is 12.3 Å². The fourth-order valence-electron chi connectivity index (χ4n) is 1.47. The number of rotatable bonds is 5. The molecular formula is C10H12Br2O3S. The fraction of sp³-hybridized carbons (Fsp3) is 0.500. The highest BCUT2D eigenvalue weighted by molar-refractivity contribution is 9.12. The molecule has 0 aromatic carbocycles. The molecule has 0 saturated heterocycles. The summed E-state index contributed by atoms with van der Waals surface area (Å²) in [5.74, 6) is -0.872. The number of hydrogen-bond donors (Lipinski definition) is 2. The zero-order valence-corrected chi connectivity index (χ0v) is 12.6. The molecule has 1 rings (SSSR count). The molecule has 0 saturated carbocycles. The maximum atomic E-state index is 10.5. The van der Waals surface area contributed by atoms with Crippen LogP contribution in [0.15, 0.2) is 13.6 Å². The number of carboxylic acids is 1. The zero-order valence-electron chi connectivity index (χ0n) is 8.61. The number of halogens is 2. The van der Waals surface area contributed by atoms with E-state index >= 15 is 0 Å². The van der Waals surface area contributed by atoms with Crippen molar-refractivity contribution in [3.8, 4) is 0 Å². The molecule has 2 unspecified atom stereocenters. The van der Waals surface area contributed by atoms with Crippen LogP contribution in [0, 0.1) is 5.92 Å². The number of aliphatic hydroxyl groups excluding tert-OH is 1. The van der Waals surface area contributed by atoms with Gasteiger partial charge in [-0.15, -0.1) is 11.3 Å². The monoisotopic (exact) mass is 370 g/mol. The van der Waals surface area contributed by atoms with Crippen molar-refractivity contribution in [3.63, 3.8) is 0 Å². The molecular weight excluding hydrogens is 360 g/mol. The van der Waals surface area contributed by atoms with Crippen molar-refractivity contribution < 1.29 is 15.0 Å². The summed E-state index contributed by atoms with van der Waals surface area (Å²) in [5, 5.41) is 18.6. The Morgan fingerprint density at radius 2 is 2.19 bits per heavy atom. The number of carboxylic acid groups (broad SMARTS) is 1. The lowest BCUT2D eigenvalue weighted by atomic mass is 9.97. The molecule has 0 radical (unpaired) electrons. The topological polar surface area (TPSA) is 57.5 Å². The van der Waals surface area contributed by atoms with Crippen LogP contribution < -0.4 is 0 Å². The van der Waals surface area contributed by atoms with Crippen LogP contribution in [0.25, 0.3) is 0 Å². The summed E-state index contributed by atoms with van der Waals surface area (Å²) < 4.78 is 1.83. The largest absolute Gasteiger partial charge is 0.481 e. The van der Waals surface area contributed by atoms with Gasteiger partial charge in [-0.05, 0) is 50.3 Å². The van der Waals surface area contributed by atoms with Gasteiger partial charge in [0.1, 0.15) is 0 Å². The lowest BCUT2D eigenvalue weighted by molar-refractivity contribution is -0.138. The third-order valence-corrected chi connectivity index (χ3v) is 4.58. The first-order valence-corrected chi connectivity index (χ1v) is 7.15. The van der Waals surface area contributed by atoms with Crippen molar-refractivity contribution in [2.45, 2.75) is 25.9 Å². The van der Waals surface area contributed by atoms with E-state index in [0.29, 0.717) is 6.42 Å². The van der Waals surface area contributed by atoms with Gasteiger partial charge in [0.05, 0.1) is 13.7 Å². The lowest BCUT2D eigenvalue weighted by Crippen LogP contribution is -2.09. The summed E-state index contributed by atoms with van der Waals surface area (Å²) in [5.41, 5.74) is 0.814. The van der Waals surface area contributed by atoms with E-state index < -0.39 is 12.1 Å². The quantitative estimate of drug-likeness (QED) is 0.827. The summed E-state index contributed by atoms with van der Waals surface area (Å²) in [6, 6.07) is 1.85.